The number of carbonyl (C=O) groups excluding carboxylic acids is 2. The third-order valence-electron chi connectivity index (χ3n) is 2.72. The first kappa shape index (κ1) is 12.2. The summed E-state index contributed by atoms with van der Waals surface area (Å²) in [7, 11) is 0. The first-order valence-electron chi connectivity index (χ1n) is 5.85. The summed E-state index contributed by atoms with van der Waals surface area (Å²) < 4.78 is 0. The van der Waals surface area contributed by atoms with Crippen molar-refractivity contribution in [3.05, 3.63) is 41.6 Å². The molecule has 0 aromatic heterocycles. The van der Waals surface area contributed by atoms with E-state index in [1.54, 1.807) is 6.08 Å². The van der Waals surface area contributed by atoms with Crippen LogP contribution in [0.1, 0.15) is 18.9 Å². The number of benzene rings is 1. The minimum atomic E-state index is -0.254. The fraction of sp³-hybridized carbons (Fsp3) is 0.231. The van der Waals surface area contributed by atoms with E-state index in [4.69, 9.17) is 0 Å². The van der Waals surface area contributed by atoms with Gasteiger partial charge in [-0.25, -0.2) is 0 Å². The van der Waals surface area contributed by atoms with Crippen LogP contribution in [0.15, 0.2) is 36.0 Å². The van der Waals surface area contributed by atoms with Gasteiger partial charge in [0.25, 0.3) is 5.91 Å². The highest BCUT2D eigenvalue weighted by Crippen LogP contribution is 2.16. The number of para-hydroxylation sites is 1. The third-order valence-corrected chi connectivity index (χ3v) is 2.72. The molecule has 1 heterocycles. The van der Waals surface area contributed by atoms with Crippen LogP contribution in [0.3, 0.4) is 0 Å². The van der Waals surface area contributed by atoms with Crippen LogP contribution in [0, 0.1) is 0 Å². The van der Waals surface area contributed by atoms with E-state index < -0.39 is 0 Å². The van der Waals surface area contributed by atoms with Gasteiger partial charge in [-0.1, -0.05) is 25.1 Å². The van der Waals surface area contributed by atoms with Crippen molar-refractivity contribution in [1.29, 1.82) is 0 Å². The van der Waals surface area contributed by atoms with Gasteiger partial charge < -0.3 is 5.32 Å². The van der Waals surface area contributed by atoms with Crippen LogP contribution in [0.2, 0.25) is 0 Å². The minimum Gasteiger partial charge on any atom is -0.320 e. The predicted octanol–water partition coefficient (Wildman–Crippen LogP) is 1.10. The number of aryl methyl sites for hydroxylation is 1. The molecule has 0 atom stereocenters. The normalized spacial score (nSPS) is 14.3. The molecule has 2 rings (SSSR count). The van der Waals surface area contributed by atoms with Gasteiger partial charge in [0.05, 0.1) is 0 Å². The number of rotatable bonds is 3. The van der Waals surface area contributed by atoms with E-state index in [1.165, 1.54) is 0 Å². The van der Waals surface area contributed by atoms with E-state index in [-0.39, 0.29) is 18.2 Å². The maximum Gasteiger partial charge on any atom is 0.273 e. The van der Waals surface area contributed by atoms with Crippen molar-refractivity contribution in [3.63, 3.8) is 0 Å². The number of nitrogens with one attached hydrogen (secondary N) is 3. The summed E-state index contributed by atoms with van der Waals surface area (Å²) in [5, 5.41) is 2.82. The SMILES string of the molecule is CCc1ccccc1NC(=O)C1=CCC(=O)NN1. The summed E-state index contributed by atoms with van der Waals surface area (Å²) in [6, 6.07) is 7.64. The molecule has 5 nitrogen and oxygen atoms in total. The Morgan fingerprint density at radius 3 is 2.78 bits per heavy atom. The van der Waals surface area contributed by atoms with E-state index in [1.807, 2.05) is 31.2 Å². The summed E-state index contributed by atoms with van der Waals surface area (Å²) >= 11 is 0. The lowest BCUT2D eigenvalue weighted by atomic mass is 10.1. The molecule has 0 saturated heterocycles. The maximum atomic E-state index is 11.9. The molecular formula is C13H15N3O2. The second-order valence-electron chi connectivity index (χ2n) is 3.96. The molecular weight excluding hydrogens is 230 g/mol. The molecule has 3 N–H and O–H groups in total. The molecule has 5 heteroatoms. The van der Waals surface area contributed by atoms with E-state index in [0.29, 0.717) is 5.70 Å². The molecule has 1 aliphatic heterocycles. The fourth-order valence-corrected chi connectivity index (χ4v) is 1.72. The van der Waals surface area contributed by atoms with Gasteiger partial charge in [0, 0.05) is 12.1 Å². The number of anilines is 1. The molecule has 0 unspecified atom stereocenters. The van der Waals surface area contributed by atoms with Crippen molar-refractivity contribution in [2.45, 2.75) is 19.8 Å². The molecule has 1 aromatic rings. The van der Waals surface area contributed by atoms with Crippen LogP contribution < -0.4 is 16.2 Å². The fourth-order valence-electron chi connectivity index (χ4n) is 1.72. The highest BCUT2D eigenvalue weighted by molar-refractivity contribution is 6.04. The summed E-state index contributed by atoms with van der Waals surface area (Å²) in [5.74, 6) is -0.406. The zero-order chi connectivity index (χ0) is 13.0. The lowest BCUT2D eigenvalue weighted by molar-refractivity contribution is -0.121. The summed E-state index contributed by atoms with van der Waals surface area (Å²) in [6.45, 7) is 2.03. The molecule has 0 spiro atoms. The van der Waals surface area contributed by atoms with Gasteiger partial charge in [0.15, 0.2) is 0 Å². The Hall–Kier alpha value is -2.30. The van der Waals surface area contributed by atoms with Crippen LogP contribution >= 0.6 is 0 Å². The Labute approximate surface area is 105 Å². The van der Waals surface area contributed by atoms with Crippen molar-refractivity contribution < 1.29 is 9.59 Å². The lowest BCUT2D eigenvalue weighted by Crippen LogP contribution is -2.43. The summed E-state index contributed by atoms with van der Waals surface area (Å²) in [6.07, 6.45) is 2.63. The van der Waals surface area contributed by atoms with Gasteiger partial charge in [0.1, 0.15) is 5.70 Å². The zero-order valence-corrected chi connectivity index (χ0v) is 10.1. The first-order valence-corrected chi connectivity index (χ1v) is 5.85. The maximum absolute atomic E-state index is 11.9. The first-order chi connectivity index (χ1) is 8.70. The number of hydrogen-bond donors (Lipinski definition) is 3. The largest absolute Gasteiger partial charge is 0.320 e. The second kappa shape index (κ2) is 5.35. The number of hydrazine groups is 1. The molecule has 18 heavy (non-hydrogen) atoms. The average molecular weight is 245 g/mol. The topological polar surface area (TPSA) is 70.2 Å². The molecule has 94 valence electrons. The van der Waals surface area contributed by atoms with Gasteiger partial charge in [-0.15, -0.1) is 0 Å². The predicted molar refractivity (Wildman–Crippen MR) is 68.4 cm³/mol. The van der Waals surface area contributed by atoms with Gasteiger partial charge in [-0.3, -0.25) is 20.4 Å². The van der Waals surface area contributed by atoms with Gasteiger partial charge in [-0.05, 0) is 24.1 Å². The molecule has 0 radical (unpaired) electrons. The number of amides is 2. The van der Waals surface area contributed by atoms with Crippen molar-refractivity contribution in [1.82, 2.24) is 10.9 Å². The Morgan fingerprint density at radius 1 is 1.33 bits per heavy atom. The standard InChI is InChI=1S/C13H15N3O2/c1-2-9-5-3-4-6-10(9)14-13(18)11-7-8-12(17)16-15-11/h3-7,15H,2,8H2,1H3,(H,14,18)(H,16,17). The van der Waals surface area contributed by atoms with Crippen LogP contribution in [0.5, 0.6) is 0 Å². The average Bonchev–Trinajstić information content (AvgIpc) is 2.40. The Kier molecular flexibility index (Phi) is 3.62. The van der Waals surface area contributed by atoms with Crippen molar-refractivity contribution in [2.24, 2.45) is 0 Å². The van der Waals surface area contributed by atoms with Crippen LogP contribution in [0.25, 0.3) is 0 Å². The van der Waals surface area contributed by atoms with Gasteiger partial charge >= 0.3 is 0 Å². The Balaban J connectivity index is 2.09. The quantitative estimate of drug-likeness (QED) is 0.746. The molecule has 2 amide bonds. The smallest absolute Gasteiger partial charge is 0.273 e. The molecule has 0 aliphatic carbocycles. The molecule has 1 aromatic carbocycles. The van der Waals surface area contributed by atoms with Crippen LogP contribution in [0.4, 0.5) is 5.69 Å². The summed E-state index contributed by atoms with van der Waals surface area (Å²) in [4.78, 5) is 22.9. The van der Waals surface area contributed by atoms with Crippen molar-refractivity contribution in [2.75, 3.05) is 5.32 Å². The van der Waals surface area contributed by atoms with Gasteiger partial charge in [0.2, 0.25) is 5.91 Å². The van der Waals surface area contributed by atoms with Crippen LogP contribution in [-0.2, 0) is 16.0 Å². The molecule has 0 bridgehead atoms. The van der Waals surface area contributed by atoms with E-state index in [2.05, 4.69) is 16.2 Å². The zero-order valence-electron chi connectivity index (χ0n) is 10.1. The molecule has 1 aliphatic rings. The number of carbonyl (C=O) groups is 2. The number of hydrogen-bond acceptors (Lipinski definition) is 3. The molecule has 0 fully saturated rings. The summed E-state index contributed by atoms with van der Waals surface area (Å²) in [5.41, 5.74) is 7.22. The monoisotopic (exact) mass is 245 g/mol. The van der Waals surface area contributed by atoms with E-state index in [9.17, 15) is 9.59 Å². The molecule has 0 saturated carbocycles. The van der Waals surface area contributed by atoms with E-state index >= 15 is 0 Å². The lowest BCUT2D eigenvalue weighted by Gasteiger charge is -2.17. The van der Waals surface area contributed by atoms with E-state index in [0.717, 1.165) is 17.7 Å². The van der Waals surface area contributed by atoms with Crippen molar-refractivity contribution in [3.8, 4) is 0 Å². The third kappa shape index (κ3) is 2.68. The highest BCUT2D eigenvalue weighted by atomic mass is 16.2. The van der Waals surface area contributed by atoms with Gasteiger partial charge in [-0.2, -0.15) is 0 Å². The minimum absolute atomic E-state index is 0.152. The second-order valence-corrected chi connectivity index (χ2v) is 3.96. The Morgan fingerprint density at radius 2 is 2.11 bits per heavy atom. The Bertz CT molecular complexity index is 509. The van der Waals surface area contributed by atoms with Crippen LogP contribution in [-0.4, -0.2) is 11.8 Å². The van der Waals surface area contributed by atoms with Crippen molar-refractivity contribution >= 4 is 17.5 Å². The highest BCUT2D eigenvalue weighted by Gasteiger charge is 2.15.